The van der Waals surface area contributed by atoms with E-state index in [4.69, 9.17) is 11.6 Å². The molecular weight excluding hydrogens is 284 g/mol. The first-order valence-electron chi connectivity index (χ1n) is 5.12. The molecule has 1 radical (unpaired) electrons. The molecule has 0 aliphatic rings. The van der Waals surface area contributed by atoms with Crippen molar-refractivity contribution in [3.05, 3.63) is 59.1 Å². The smallest absolute Gasteiger partial charge is 0.0412 e. The fourth-order valence-electron chi connectivity index (χ4n) is 1.57. The lowest BCUT2D eigenvalue weighted by Crippen LogP contribution is -1.85. The second kappa shape index (κ2) is 5.51. The Hall–Kier alpha value is -0.790. The van der Waals surface area contributed by atoms with E-state index in [-0.39, 0.29) is 0 Å². The first-order chi connectivity index (χ1) is 7.79. The Morgan fingerprint density at radius 1 is 1.12 bits per heavy atom. The minimum Gasteiger partial charge on any atom is -0.0924 e. The molecule has 0 bridgehead atoms. The Morgan fingerprint density at radius 3 is 2.50 bits per heavy atom. The zero-order chi connectivity index (χ0) is 11.4. The number of hydrogen-bond donors (Lipinski definition) is 0. The number of benzene rings is 2. The summed E-state index contributed by atoms with van der Waals surface area (Å²) in [6.07, 6.45) is 1.06. The summed E-state index contributed by atoms with van der Waals surface area (Å²) in [4.78, 5) is 0. The third kappa shape index (κ3) is 2.87. The largest absolute Gasteiger partial charge is 0.0924 e. The summed E-state index contributed by atoms with van der Waals surface area (Å²) in [5.41, 5.74) is 3.53. The molecule has 0 heterocycles. The molecule has 2 rings (SSSR count). The Labute approximate surface area is 109 Å². The van der Waals surface area contributed by atoms with E-state index >= 15 is 0 Å². The molecule has 0 aliphatic carbocycles. The molecule has 0 saturated heterocycles. The van der Waals surface area contributed by atoms with Crippen LogP contribution in [-0.2, 0) is 6.42 Å². The highest BCUT2D eigenvalue weighted by atomic mass is 79.9. The van der Waals surface area contributed by atoms with Crippen molar-refractivity contribution in [3.63, 3.8) is 0 Å². The van der Waals surface area contributed by atoms with Crippen LogP contribution in [0.1, 0.15) is 5.56 Å². The first kappa shape index (κ1) is 11.7. The van der Waals surface area contributed by atoms with E-state index in [0.717, 1.165) is 27.9 Å². The van der Waals surface area contributed by atoms with Crippen LogP contribution < -0.4 is 0 Å². The van der Waals surface area contributed by atoms with Crippen LogP contribution in [0.3, 0.4) is 0 Å². The van der Waals surface area contributed by atoms with Crippen molar-refractivity contribution in [2.75, 3.05) is 5.33 Å². The monoisotopic (exact) mass is 293 g/mol. The van der Waals surface area contributed by atoms with E-state index in [1.54, 1.807) is 0 Å². The van der Waals surface area contributed by atoms with Crippen LogP contribution in [-0.4, -0.2) is 5.33 Å². The molecule has 16 heavy (non-hydrogen) atoms. The van der Waals surface area contributed by atoms with E-state index in [2.05, 4.69) is 46.3 Å². The average Bonchev–Trinajstić information content (AvgIpc) is 2.30. The van der Waals surface area contributed by atoms with Crippen LogP contribution in [0.4, 0.5) is 0 Å². The van der Waals surface area contributed by atoms with Gasteiger partial charge in [0.15, 0.2) is 0 Å². The van der Waals surface area contributed by atoms with Gasteiger partial charge in [0.25, 0.3) is 0 Å². The van der Waals surface area contributed by atoms with Gasteiger partial charge in [-0.25, -0.2) is 0 Å². The molecule has 2 aromatic carbocycles. The lowest BCUT2D eigenvalue weighted by Gasteiger charge is -2.03. The SMILES string of the molecule is Clc1cc[c]c(-c2ccc(CCBr)cc2)c1. The molecule has 0 aromatic heterocycles. The number of alkyl halides is 1. The standard InChI is InChI=1S/C14H11BrCl/c15-9-8-11-4-6-12(7-5-11)13-2-1-3-14(16)10-13/h1,3-7,10H,8-9H2. The Bertz CT molecular complexity index is 462. The van der Waals surface area contributed by atoms with Gasteiger partial charge in [-0.15, -0.1) is 0 Å². The molecular formula is C14H11BrCl. The lowest BCUT2D eigenvalue weighted by molar-refractivity contribution is 1.17. The highest BCUT2D eigenvalue weighted by molar-refractivity contribution is 9.09. The quantitative estimate of drug-likeness (QED) is 0.717. The van der Waals surface area contributed by atoms with Crippen molar-refractivity contribution in [2.45, 2.75) is 6.42 Å². The number of hydrogen-bond acceptors (Lipinski definition) is 0. The van der Waals surface area contributed by atoms with Crippen molar-refractivity contribution in [1.29, 1.82) is 0 Å². The molecule has 0 saturated carbocycles. The van der Waals surface area contributed by atoms with Crippen LogP contribution in [0.5, 0.6) is 0 Å². The number of halogens is 2. The van der Waals surface area contributed by atoms with Gasteiger partial charge in [0.1, 0.15) is 0 Å². The third-order valence-electron chi connectivity index (χ3n) is 2.41. The molecule has 0 unspecified atom stereocenters. The average molecular weight is 295 g/mol. The topological polar surface area (TPSA) is 0 Å². The molecule has 0 amide bonds. The maximum absolute atomic E-state index is 5.95. The van der Waals surface area contributed by atoms with Crippen LogP contribution in [0.25, 0.3) is 11.1 Å². The molecule has 0 atom stereocenters. The van der Waals surface area contributed by atoms with Gasteiger partial charge >= 0.3 is 0 Å². The summed E-state index contributed by atoms with van der Waals surface area (Å²) in [5.74, 6) is 0. The summed E-state index contributed by atoms with van der Waals surface area (Å²) in [5, 5.41) is 1.74. The van der Waals surface area contributed by atoms with Gasteiger partial charge in [-0.1, -0.05) is 57.9 Å². The maximum Gasteiger partial charge on any atom is 0.0412 e. The second-order valence-electron chi connectivity index (χ2n) is 3.56. The fourth-order valence-corrected chi connectivity index (χ4v) is 2.20. The summed E-state index contributed by atoms with van der Waals surface area (Å²) in [6.45, 7) is 0. The van der Waals surface area contributed by atoms with Crippen LogP contribution in [0.15, 0.2) is 42.5 Å². The zero-order valence-corrected chi connectivity index (χ0v) is 11.1. The zero-order valence-electron chi connectivity index (χ0n) is 8.71. The van der Waals surface area contributed by atoms with Crippen LogP contribution >= 0.6 is 27.5 Å². The Kier molecular flexibility index (Phi) is 4.03. The predicted molar refractivity (Wildman–Crippen MR) is 73.2 cm³/mol. The first-order valence-corrected chi connectivity index (χ1v) is 6.62. The number of aryl methyl sites for hydroxylation is 1. The molecule has 0 N–H and O–H groups in total. The highest BCUT2D eigenvalue weighted by Gasteiger charge is 1.99. The molecule has 81 valence electrons. The van der Waals surface area contributed by atoms with Crippen molar-refractivity contribution >= 4 is 27.5 Å². The van der Waals surface area contributed by atoms with Gasteiger partial charge in [-0.2, -0.15) is 0 Å². The molecule has 0 fully saturated rings. The summed E-state index contributed by atoms with van der Waals surface area (Å²) in [7, 11) is 0. The minimum atomic E-state index is 0.748. The van der Waals surface area contributed by atoms with E-state index in [0.29, 0.717) is 0 Å². The van der Waals surface area contributed by atoms with Crippen molar-refractivity contribution < 1.29 is 0 Å². The Balaban J connectivity index is 2.27. The molecule has 2 aromatic rings. The summed E-state index contributed by atoms with van der Waals surface area (Å²) < 4.78 is 0. The fraction of sp³-hybridized carbons (Fsp3) is 0.143. The summed E-state index contributed by atoms with van der Waals surface area (Å²) in [6, 6.07) is 17.3. The molecule has 2 heteroatoms. The summed E-state index contributed by atoms with van der Waals surface area (Å²) >= 11 is 9.38. The van der Waals surface area contributed by atoms with Gasteiger partial charge in [0, 0.05) is 10.4 Å². The lowest BCUT2D eigenvalue weighted by atomic mass is 10.0. The van der Waals surface area contributed by atoms with E-state index < -0.39 is 0 Å². The number of rotatable bonds is 3. The van der Waals surface area contributed by atoms with Gasteiger partial charge in [-0.3, -0.25) is 0 Å². The minimum absolute atomic E-state index is 0.748. The van der Waals surface area contributed by atoms with Crippen molar-refractivity contribution in [2.24, 2.45) is 0 Å². The molecule has 0 spiro atoms. The van der Waals surface area contributed by atoms with Gasteiger partial charge in [-0.05, 0) is 41.3 Å². The molecule has 0 nitrogen and oxygen atoms in total. The van der Waals surface area contributed by atoms with Crippen molar-refractivity contribution in [1.82, 2.24) is 0 Å². The Morgan fingerprint density at radius 2 is 1.88 bits per heavy atom. The van der Waals surface area contributed by atoms with Gasteiger partial charge in [0.05, 0.1) is 0 Å². The molecule has 0 aliphatic heterocycles. The normalized spacial score (nSPS) is 10.4. The van der Waals surface area contributed by atoms with Gasteiger partial charge in [0.2, 0.25) is 0 Å². The van der Waals surface area contributed by atoms with E-state index in [1.807, 2.05) is 18.2 Å². The predicted octanol–water partition coefficient (Wildman–Crippen LogP) is 4.74. The maximum atomic E-state index is 5.95. The second-order valence-corrected chi connectivity index (χ2v) is 4.79. The van der Waals surface area contributed by atoms with Gasteiger partial charge < -0.3 is 0 Å². The van der Waals surface area contributed by atoms with E-state index in [1.165, 1.54) is 5.56 Å². The third-order valence-corrected chi connectivity index (χ3v) is 3.04. The van der Waals surface area contributed by atoms with Crippen LogP contribution in [0.2, 0.25) is 5.02 Å². The van der Waals surface area contributed by atoms with Crippen LogP contribution in [0, 0.1) is 6.07 Å². The van der Waals surface area contributed by atoms with E-state index in [9.17, 15) is 0 Å². The van der Waals surface area contributed by atoms with Crippen molar-refractivity contribution in [3.8, 4) is 11.1 Å². The highest BCUT2D eigenvalue weighted by Crippen LogP contribution is 2.22.